The highest BCUT2D eigenvalue weighted by atomic mass is 19.2. The smallest absolute Gasteiger partial charge is 0.336 e. The first-order valence-electron chi connectivity index (χ1n) is 10.3. The molecular formula is C25H27F2NO3. The number of carbonyl (C=O) groups is 2. The molecular weight excluding hydrogens is 400 g/mol. The van der Waals surface area contributed by atoms with Gasteiger partial charge in [-0.15, -0.1) is 0 Å². The lowest BCUT2D eigenvalue weighted by Crippen LogP contribution is -2.38. The first kappa shape index (κ1) is 22.7. The summed E-state index contributed by atoms with van der Waals surface area (Å²) in [5.41, 5.74) is 4.26. The lowest BCUT2D eigenvalue weighted by Gasteiger charge is -2.35. The number of hydrogen-bond donors (Lipinski definition) is 0. The van der Waals surface area contributed by atoms with Crippen molar-refractivity contribution in [2.75, 3.05) is 0 Å². The molecule has 6 heteroatoms. The van der Waals surface area contributed by atoms with E-state index in [0.717, 1.165) is 28.8 Å². The number of rotatable bonds is 5. The zero-order chi connectivity index (χ0) is 22.9. The van der Waals surface area contributed by atoms with Crippen molar-refractivity contribution in [2.24, 2.45) is 0 Å². The van der Waals surface area contributed by atoms with Crippen LogP contribution in [0.2, 0.25) is 0 Å². The molecule has 1 amide bonds. The van der Waals surface area contributed by atoms with Gasteiger partial charge in [0, 0.05) is 18.0 Å². The highest BCUT2D eigenvalue weighted by molar-refractivity contribution is 5.96. The minimum Gasteiger partial charge on any atom is -0.460 e. The summed E-state index contributed by atoms with van der Waals surface area (Å²) in [4.78, 5) is 27.6. The van der Waals surface area contributed by atoms with Gasteiger partial charge in [0.1, 0.15) is 0 Å². The Morgan fingerprint density at radius 1 is 1.10 bits per heavy atom. The van der Waals surface area contributed by atoms with E-state index >= 15 is 0 Å². The Labute approximate surface area is 181 Å². The van der Waals surface area contributed by atoms with Crippen LogP contribution < -0.4 is 0 Å². The molecule has 4 nitrogen and oxygen atoms in total. The van der Waals surface area contributed by atoms with E-state index in [1.165, 1.54) is 11.0 Å². The lowest BCUT2D eigenvalue weighted by molar-refractivity contribution is -0.143. The summed E-state index contributed by atoms with van der Waals surface area (Å²) in [6.07, 6.45) is -0.224. The normalized spacial score (nSPS) is 16.8. The standard InChI is InChI=1S/C25H27F2NO3/c1-14(2)31-25(30)24-17(5)28(13-18-8-9-21(26)22(27)11-18)23(29)12-20(24)19-10-15(3)6-7-16(19)4/h6-11,14,20H,12-13H2,1-5H3. The Morgan fingerprint density at radius 2 is 1.81 bits per heavy atom. The maximum absolute atomic E-state index is 13.7. The second kappa shape index (κ2) is 9.00. The summed E-state index contributed by atoms with van der Waals surface area (Å²) in [6.45, 7) is 9.20. The van der Waals surface area contributed by atoms with Gasteiger partial charge in [-0.1, -0.05) is 29.8 Å². The van der Waals surface area contributed by atoms with E-state index < -0.39 is 23.5 Å². The van der Waals surface area contributed by atoms with Gasteiger partial charge in [0.15, 0.2) is 11.6 Å². The molecule has 1 aliphatic heterocycles. The SMILES string of the molecule is CC1=C(C(=O)OC(C)C)C(c2cc(C)ccc2C)CC(=O)N1Cc1ccc(F)c(F)c1. The molecule has 0 spiro atoms. The molecule has 2 aromatic rings. The summed E-state index contributed by atoms with van der Waals surface area (Å²) in [5.74, 6) is -3.01. The van der Waals surface area contributed by atoms with Crippen molar-refractivity contribution in [1.29, 1.82) is 0 Å². The van der Waals surface area contributed by atoms with Crippen LogP contribution >= 0.6 is 0 Å². The van der Waals surface area contributed by atoms with E-state index in [9.17, 15) is 18.4 Å². The molecule has 1 aliphatic rings. The summed E-state index contributed by atoms with van der Waals surface area (Å²) in [5, 5.41) is 0. The Hall–Kier alpha value is -3.02. The number of benzene rings is 2. The van der Waals surface area contributed by atoms with Crippen LogP contribution in [0.1, 0.15) is 55.4 Å². The molecule has 164 valence electrons. The molecule has 1 atom stereocenters. The number of aryl methyl sites for hydroxylation is 2. The number of hydrogen-bond acceptors (Lipinski definition) is 3. The summed E-state index contributed by atoms with van der Waals surface area (Å²) < 4.78 is 32.5. The maximum atomic E-state index is 13.7. The van der Waals surface area contributed by atoms with Gasteiger partial charge in [-0.2, -0.15) is 0 Å². The number of nitrogens with zero attached hydrogens (tertiary/aromatic N) is 1. The molecule has 1 heterocycles. The predicted octanol–water partition coefficient (Wildman–Crippen LogP) is 5.32. The molecule has 0 aromatic heterocycles. The van der Waals surface area contributed by atoms with E-state index in [-0.39, 0.29) is 25.0 Å². The van der Waals surface area contributed by atoms with Gasteiger partial charge in [-0.25, -0.2) is 13.6 Å². The van der Waals surface area contributed by atoms with E-state index in [4.69, 9.17) is 4.74 Å². The van der Waals surface area contributed by atoms with Crippen molar-refractivity contribution in [1.82, 2.24) is 4.90 Å². The Balaban J connectivity index is 2.08. The van der Waals surface area contributed by atoms with Crippen molar-refractivity contribution < 1.29 is 23.1 Å². The van der Waals surface area contributed by atoms with Crippen molar-refractivity contribution in [2.45, 2.75) is 59.6 Å². The summed E-state index contributed by atoms with van der Waals surface area (Å²) >= 11 is 0. The number of ether oxygens (including phenoxy) is 1. The monoisotopic (exact) mass is 427 g/mol. The van der Waals surface area contributed by atoms with Gasteiger partial charge >= 0.3 is 5.97 Å². The molecule has 1 unspecified atom stereocenters. The number of amides is 1. The molecule has 0 saturated heterocycles. The van der Waals surface area contributed by atoms with Crippen LogP contribution in [0.5, 0.6) is 0 Å². The highest BCUT2D eigenvalue weighted by Crippen LogP contribution is 2.39. The average molecular weight is 427 g/mol. The van der Waals surface area contributed by atoms with Gasteiger partial charge in [0.25, 0.3) is 0 Å². The van der Waals surface area contributed by atoms with Gasteiger partial charge in [0.2, 0.25) is 5.91 Å². The molecule has 31 heavy (non-hydrogen) atoms. The maximum Gasteiger partial charge on any atom is 0.336 e. The van der Waals surface area contributed by atoms with Crippen LogP contribution in [-0.4, -0.2) is 22.9 Å². The second-order valence-electron chi connectivity index (χ2n) is 8.30. The molecule has 0 bridgehead atoms. The van der Waals surface area contributed by atoms with Crippen LogP contribution in [0.25, 0.3) is 0 Å². The van der Waals surface area contributed by atoms with E-state index in [1.54, 1.807) is 20.8 Å². The molecule has 0 aliphatic carbocycles. The van der Waals surface area contributed by atoms with Crippen LogP contribution in [0.4, 0.5) is 8.78 Å². The van der Waals surface area contributed by atoms with Gasteiger partial charge < -0.3 is 9.64 Å². The summed E-state index contributed by atoms with van der Waals surface area (Å²) in [7, 11) is 0. The molecule has 0 radical (unpaired) electrons. The Bertz CT molecular complexity index is 1060. The van der Waals surface area contributed by atoms with Crippen molar-refractivity contribution in [3.63, 3.8) is 0 Å². The van der Waals surface area contributed by atoms with Gasteiger partial charge in [-0.05, 0) is 63.4 Å². The molecule has 0 saturated carbocycles. The van der Waals surface area contributed by atoms with E-state index in [0.29, 0.717) is 16.8 Å². The summed E-state index contributed by atoms with van der Waals surface area (Å²) in [6, 6.07) is 9.49. The zero-order valence-corrected chi connectivity index (χ0v) is 18.5. The van der Waals surface area contributed by atoms with Crippen LogP contribution in [0.3, 0.4) is 0 Å². The Kier molecular flexibility index (Phi) is 6.58. The van der Waals surface area contributed by atoms with Crippen molar-refractivity contribution >= 4 is 11.9 Å². The van der Waals surface area contributed by atoms with Crippen LogP contribution in [-0.2, 0) is 20.9 Å². The van der Waals surface area contributed by atoms with Gasteiger partial charge in [0.05, 0.1) is 18.2 Å². The average Bonchev–Trinajstić information content (AvgIpc) is 2.68. The first-order valence-corrected chi connectivity index (χ1v) is 10.3. The fourth-order valence-corrected chi connectivity index (χ4v) is 3.97. The third kappa shape index (κ3) is 4.84. The fourth-order valence-electron chi connectivity index (χ4n) is 3.97. The number of halogens is 2. The topological polar surface area (TPSA) is 46.6 Å². The van der Waals surface area contributed by atoms with Gasteiger partial charge in [-0.3, -0.25) is 4.79 Å². The molecule has 3 rings (SSSR count). The van der Waals surface area contributed by atoms with Crippen LogP contribution in [0, 0.1) is 25.5 Å². The quantitative estimate of drug-likeness (QED) is 0.607. The fraction of sp³-hybridized carbons (Fsp3) is 0.360. The number of allylic oxidation sites excluding steroid dienone is 1. The third-order valence-electron chi connectivity index (χ3n) is 5.52. The zero-order valence-electron chi connectivity index (χ0n) is 18.5. The first-order chi connectivity index (χ1) is 14.6. The third-order valence-corrected chi connectivity index (χ3v) is 5.52. The number of esters is 1. The minimum absolute atomic E-state index is 0.0415. The lowest BCUT2D eigenvalue weighted by atomic mass is 9.81. The van der Waals surface area contributed by atoms with Crippen molar-refractivity contribution in [3.05, 3.63) is 81.6 Å². The highest BCUT2D eigenvalue weighted by Gasteiger charge is 2.37. The largest absolute Gasteiger partial charge is 0.460 e. The van der Waals surface area contributed by atoms with E-state index in [1.807, 2.05) is 32.0 Å². The molecule has 2 aromatic carbocycles. The Morgan fingerprint density at radius 3 is 2.45 bits per heavy atom. The predicted molar refractivity (Wildman–Crippen MR) is 114 cm³/mol. The molecule has 0 N–H and O–H groups in total. The second-order valence-corrected chi connectivity index (χ2v) is 8.30. The molecule has 0 fully saturated rings. The number of carbonyl (C=O) groups excluding carboxylic acids is 2. The van der Waals surface area contributed by atoms with E-state index in [2.05, 4.69) is 0 Å². The minimum atomic E-state index is -0.976. The van der Waals surface area contributed by atoms with Crippen molar-refractivity contribution in [3.8, 4) is 0 Å². The van der Waals surface area contributed by atoms with Crippen LogP contribution in [0.15, 0.2) is 47.7 Å².